The summed E-state index contributed by atoms with van der Waals surface area (Å²) in [6.45, 7) is 9.51. The lowest BCUT2D eigenvalue weighted by Gasteiger charge is -2.30. The molecule has 90 valence electrons. The third-order valence-corrected chi connectivity index (χ3v) is 3.84. The molecule has 0 amide bonds. The van der Waals surface area contributed by atoms with E-state index in [0.717, 1.165) is 18.9 Å². The van der Waals surface area contributed by atoms with Crippen LogP contribution in [0.1, 0.15) is 52.9 Å². The van der Waals surface area contributed by atoms with E-state index in [1.54, 1.807) is 0 Å². The summed E-state index contributed by atoms with van der Waals surface area (Å²) >= 11 is 0. The van der Waals surface area contributed by atoms with Crippen LogP contribution in [-0.2, 0) is 0 Å². The maximum atomic E-state index is 10.0. The smallest absolute Gasteiger partial charge is 0.0743 e. The van der Waals surface area contributed by atoms with E-state index in [1.165, 1.54) is 38.8 Å². The molecule has 1 aliphatic rings. The monoisotopic (exact) mass is 213 g/mol. The molecule has 1 aliphatic heterocycles. The van der Waals surface area contributed by atoms with Gasteiger partial charge < -0.3 is 10.0 Å². The van der Waals surface area contributed by atoms with Crippen molar-refractivity contribution in [2.45, 2.75) is 58.5 Å². The Morgan fingerprint density at radius 1 is 1.27 bits per heavy atom. The van der Waals surface area contributed by atoms with Gasteiger partial charge in [-0.3, -0.25) is 0 Å². The minimum atomic E-state index is -0.494. The van der Waals surface area contributed by atoms with Crippen LogP contribution in [0.15, 0.2) is 0 Å². The largest absolute Gasteiger partial charge is 0.389 e. The molecule has 0 aromatic carbocycles. The zero-order chi connectivity index (χ0) is 11.3. The number of likely N-dealkylation sites (tertiary alicyclic amines) is 1. The Hall–Kier alpha value is -0.0800. The summed E-state index contributed by atoms with van der Waals surface area (Å²) < 4.78 is 0. The van der Waals surface area contributed by atoms with Crippen molar-refractivity contribution in [1.82, 2.24) is 4.90 Å². The maximum absolute atomic E-state index is 10.0. The molecule has 0 aromatic heterocycles. The van der Waals surface area contributed by atoms with E-state index in [0.29, 0.717) is 0 Å². The molecule has 1 saturated heterocycles. The van der Waals surface area contributed by atoms with E-state index >= 15 is 0 Å². The van der Waals surface area contributed by atoms with Crippen molar-refractivity contribution >= 4 is 0 Å². The van der Waals surface area contributed by atoms with Crippen LogP contribution in [0, 0.1) is 5.92 Å². The van der Waals surface area contributed by atoms with E-state index in [-0.39, 0.29) is 0 Å². The van der Waals surface area contributed by atoms with Gasteiger partial charge in [-0.15, -0.1) is 0 Å². The van der Waals surface area contributed by atoms with Crippen LogP contribution in [-0.4, -0.2) is 35.2 Å². The van der Waals surface area contributed by atoms with Crippen LogP contribution in [0.4, 0.5) is 0 Å². The molecule has 2 atom stereocenters. The van der Waals surface area contributed by atoms with Gasteiger partial charge in [0.05, 0.1) is 5.60 Å². The average Bonchev–Trinajstić information content (AvgIpc) is 2.43. The highest BCUT2D eigenvalue weighted by Gasteiger charge is 2.23. The lowest BCUT2D eigenvalue weighted by atomic mass is 9.98. The number of β-amino-alcohol motifs (C(OH)–C–C–N with tert-alkyl or cyclic N) is 1. The zero-order valence-corrected chi connectivity index (χ0v) is 10.6. The van der Waals surface area contributed by atoms with Gasteiger partial charge in [0.1, 0.15) is 0 Å². The maximum Gasteiger partial charge on any atom is 0.0743 e. The fraction of sp³-hybridized carbons (Fsp3) is 1.00. The fourth-order valence-corrected chi connectivity index (χ4v) is 2.38. The van der Waals surface area contributed by atoms with Crippen molar-refractivity contribution in [2.75, 3.05) is 19.6 Å². The van der Waals surface area contributed by atoms with Gasteiger partial charge in [0.15, 0.2) is 0 Å². The van der Waals surface area contributed by atoms with E-state index in [4.69, 9.17) is 0 Å². The summed E-state index contributed by atoms with van der Waals surface area (Å²) in [6.07, 6.45) is 6.16. The Bertz CT molecular complexity index is 179. The van der Waals surface area contributed by atoms with Crippen LogP contribution in [0.2, 0.25) is 0 Å². The predicted octanol–water partition coefficient (Wildman–Crippen LogP) is 2.66. The summed E-state index contributed by atoms with van der Waals surface area (Å²) in [5.74, 6) is 0.918. The third kappa shape index (κ3) is 4.52. The molecule has 1 heterocycles. The van der Waals surface area contributed by atoms with Crippen molar-refractivity contribution in [2.24, 2.45) is 5.92 Å². The Balaban J connectivity index is 2.37. The van der Waals surface area contributed by atoms with Crippen LogP contribution in [0.3, 0.4) is 0 Å². The Labute approximate surface area is 94.7 Å². The Morgan fingerprint density at radius 2 is 2.00 bits per heavy atom. The van der Waals surface area contributed by atoms with Gasteiger partial charge in [-0.1, -0.05) is 20.3 Å². The normalized spacial score (nSPS) is 28.4. The third-order valence-electron chi connectivity index (χ3n) is 3.84. The van der Waals surface area contributed by atoms with E-state index in [2.05, 4.69) is 18.7 Å². The molecule has 0 aliphatic carbocycles. The first-order valence-corrected chi connectivity index (χ1v) is 6.52. The summed E-state index contributed by atoms with van der Waals surface area (Å²) in [6, 6.07) is 0. The molecular weight excluding hydrogens is 186 g/mol. The number of rotatable bonds is 4. The van der Waals surface area contributed by atoms with Gasteiger partial charge >= 0.3 is 0 Å². The molecule has 2 heteroatoms. The van der Waals surface area contributed by atoms with Crippen LogP contribution in [0.5, 0.6) is 0 Å². The van der Waals surface area contributed by atoms with Gasteiger partial charge in [-0.2, -0.15) is 0 Å². The van der Waals surface area contributed by atoms with Gasteiger partial charge in [-0.25, -0.2) is 0 Å². The first-order chi connectivity index (χ1) is 7.07. The number of hydrogen-bond acceptors (Lipinski definition) is 2. The summed E-state index contributed by atoms with van der Waals surface area (Å²) in [7, 11) is 0. The molecule has 1 rings (SSSR count). The highest BCUT2D eigenvalue weighted by Crippen LogP contribution is 2.21. The Kier molecular flexibility index (Phi) is 5.07. The molecule has 0 bridgehead atoms. The van der Waals surface area contributed by atoms with Crippen LogP contribution < -0.4 is 0 Å². The zero-order valence-electron chi connectivity index (χ0n) is 10.6. The highest BCUT2D eigenvalue weighted by atomic mass is 16.3. The molecule has 0 saturated carbocycles. The van der Waals surface area contributed by atoms with Crippen LogP contribution in [0.25, 0.3) is 0 Å². The quantitative estimate of drug-likeness (QED) is 0.776. The first kappa shape index (κ1) is 13.0. The van der Waals surface area contributed by atoms with Crippen LogP contribution >= 0.6 is 0 Å². The Morgan fingerprint density at radius 3 is 2.60 bits per heavy atom. The first-order valence-electron chi connectivity index (χ1n) is 6.52. The minimum Gasteiger partial charge on any atom is -0.389 e. The lowest BCUT2D eigenvalue weighted by molar-refractivity contribution is 0.0171. The fourth-order valence-electron chi connectivity index (χ4n) is 2.38. The van der Waals surface area contributed by atoms with Crippen molar-refractivity contribution in [3.8, 4) is 0 Å². The second-order valence-corrected chi connectivity index (χ2v) is 5.33. The minimum absolute atomic E-state index is 0.494. The standard InChI is InChI=1S/C13H27NO/c1-4-12-7-6-9-14(10-8-12)11-13(3,15)5-2/h12,15H,4-11H2,1-3H3. The van der Waals surface area contributed by atoms with Crippen molar-refractivity contribution in [3.05, 3.63) is 0 Å². The number of aliphatic hydroxyl groups is 1. The molecule has 0 spiro atoms. The molecule has 2 unspecified atom stereocenters. The predicted molar refractivity (Wildman–Crippen MR) is 65.0 cm³/mol. The van der Waals surface area contributed by atoms with Gasteiger partial charge in [0.25, 0.3) is 0 Å². The summed E-state index contributed by atoms with van der Waals surface area (Å²) in [5, 5.41) is 10.0. The summed E-state index contributed by atoms with van der Waals surface area (Å²) in [5.41, 5.74) is -0.494. The van der Waals surface area contributed by atoms with Crippen molar-refractivity contribution < 1.29 is 5.11 Å². The highest BCUT2D eigenvalue weighted by molar-refractivity contribution is 4.78. The van der Waals surface area contributed by atoms with Crippen molar-refractivity contribution in [3.63, 3.8) is 0 Å². The summed E-state index contributed by atoms with van der Waals surface area (Å²) in [4.78, 5) is 2.44. The lowest BCUT2D eigenvalue weighted by Crippen LogP contribution is -2.40. The molecule has 2 nitrogen and oxygen atoms in total. The molecule has 1 fully saturated rings. The topological polar surface area (TPSA) is 23.5 Å². The molecular formula is C13H27NO. The van der Waals surface area contributed by atoms with E-state index < -0.39 is 5.60 Å². The molecule has 15 heavy (non-hydrogen) atoms. The van der Waals surface area contributed by atoms with Crippen molar-refractivity contribution in [1.29, 1.82) is 0 Å². The molecule has 0 aromatic rings. The van der Waals surface area contributed by atoms with E-state index in [1.807, 2.05) is 6.92 Å². The number of hydrogen-bond donors (Lipinski definition) is 1. The number of nitrogens with zero attached hydrogens (tertiary/aromatic N) is 1. The van der Waals surface area contributed by atoms with Gasteiger partial charge in [0.2, 0.25) is 0 Å². The average molecular weight is 213 g/mol. The second-order valence-electron chi connectivity index (χ2n) is 5.33. The van der Waals surface area contributed by atoms with Gasteiger partial charge in [0, 0.05) is 6.54 Å². The molecule has 1 N–H and O–H groups in total. The van der Waals surface area contributed by atoms with E-state index in [9.17, 15) is 5.11 Å². The molecule has 0 radical (unpaired) electrons. The second kappa shape index (κ2) is 5.86. The SMILES string of the molecule is CCC1CCCN(CC(C)(O)CC)CC1. The van der Waals surface area contributed by atoms with Gasteiger partial charge in [-0.05, 0) is 51.6 Å².